The van der Waals surface area contributed by atoms with E-state index < -0.39 is 0 Å². The highest BCUT2D eigenvalue weighted by Gasteiger charge is 2.11. The van der Waals surface area contributed by atoms with E-state index in [0.29, 0.717) is 6.54 Å². The van der Waals surface area contributed by atoms with Crippen molar-refractivity contribution in [1.82, 2.24) is 9.97 Å². The molecular formula is C14H18N4. The molecule has 0 radical (unpaired) electrons. The monoisotopic (exact) mass is 242 g/mol. The molecule has 0 aliphatic rings. The number of aryl methyl sites for hydroxylation is 2. The molecule has 0 spiro atoms. The number of rotatable bonds is 4. The number of hydrogen-bond acceptors (Lipinski definition) is 4. The molecule has 1 atom stereocenters. The van der Waals surface area contributed by atoms with Gasteiger partial charge in [0.05, 0.1) is 17.4 Å². The van der Waals surface area contributed by atoms with Gasteiger partial charge in [0.2, 0.25) is 0 Å². The summed E-state index contributed by atoms with van der Waals surface area (Å²) in [6, 6.07) is 10.2. The second-order valence-corrected chi connectivity index (χ2v) is 4.29. The Morgan fingerprint density at radius 1 is 1.22 bits per heavy atom. The predicted octanol–water partition coefficient (Wildman–Crippen LogP) is 2.21. The van der Waals surface area contributed by atoms with Crippen molar-refractivity contribution < 1.29 is 0 Å². The summed E-state index contributed by atoms with van der Waals surface area (Å²) in [5.74, 6) is 0.800. The Bertz CT molecular complexity index is 510. The van der Waals surface area contributed by atoms with Gasteiger partial charge in [-0.3, -0.25) is 4.98 Å². The number of nitrogens with two attached hydrogens (primary N) is 1. The standard InChI is InChI=1S/C14H18N4/c1-10-9-16-11(2)14(17-10)18-13(8-15)12-6-4-3-5-7-12/h3-7,9,13H,8,15H2,1-2H3,(H,17,18). The van der Waals surface area contributed by atoms with E-state index in [-0.39, 0.29) is 6.04 Å². The third-order valence-corrected chi connectivity index (χ3v) is 2.82. The Morgan fingerprint density at radius 3 is 2.61 bits per heavy atom. The first kappa shape index (κ1) is 12.5. The van der Waals surface area contributed by atoms with Crippen LogP contribution in [0.4, 0.5) is 5.82 Å². The molecule has 2 rings (SSSR count). The summed E-state index contributed by atoms with van der Waals surface area (Å²) in [5, 5.41) is 3.36. The molecule has 0 aliphatic heterocycles. The number of nitrogens with zero attached hydrogens (tertiary/aromatic N) is 2. The number of anilines is 1. The van der Waals surface area contributed by atoms with Crippen molar-refractivity contribution in [2.45, 2.75) is 19.9 Å². The van der Waals surface area contributed by atoms with Crippen LogP contribution in [0.3, 0.4) is 0 Å². The first-order chi connectivity index (χ1) is 8.70. The molecule has 1 unspecified atom stereocenters. The maximum atomic E-state index is 5.83. The van der Waals surface area contributed by atoms with Crippen LogP contribution in [-0.4, -0.2) is 16.5 Å². The molecule has 4 nitrogen and oxygen atoms in total. The van der Waals surface area contributed by atoms with Crippen LogP contribution in [0, 0.1) is 13.8 Å². The SMILES string of the molecule is Cc1cnc(C)c(NC(CN)c2ccccc2)n1. The molecule has 1 aromatic heterocycles. The predicted molar refractivity (Wildman–Crippen MR) is 73.4 cm³/mol. The highest BCUT2D eigenvalue weighted by atomic mass is 15.1. The van der Waals surface area contributed by atoms with E-state index in [4.69, 9.17) is 5.73 Å². The van der Waals surface area contributed by atoms with Crippen LogP contribution in [0.15, 0.2) is 36.5 Å². The Morgan fingerprint density at radius 2 is 1.94 bits per heavy atom. The van der Waals surface area contributed by atoms with Gasteiger partial charge in [0.15, 0.2) is 0 Å². The second-order valence-electron chi connectivity index (χ2n) is 4.29. The molecule has 1 aromatic carbocycles. The molecule has 0 fully saturated rings. The van der Waals surface area contributed by atoms with E-state index in [2.05, 4.69) is 27.4 Å². The van der Waals surface area contributed by atoms with Crippen LogP contribution < -0.4 is 11.1 Å². The van der Waals surface area contributed by atoms with Crippen LogP contribution in [0.1, 0.15) is 23.0 Å². The lowest BCUT2D eigenvalue weighted by atomic mass is 10.1. The Kier molecular flexibility index (Phi) is 3.89. The normalized spacial score (nSPS) is 12.2. The topological polar surface area (TPSA) is 63.8 Å². The fraction of sp³-hybridized carbons (Fsp3) is 0.286. The molecule has 0 saturated carbocycles. The van der Waals surface area contributed by atoms with E-state index in [1.165, 1.54) is 0 Å². The third-order valence-electron chi connectivity index (χ3n) is 2.82. The van der Waals surface area contributed by atoms with E-state index in [9.17, 15) is 0 Å². The van der Waals surface area contributed by atoms with E-state index in [1.807, 2.05) is 32.0 Å². The summed E-state index contributed by atoms with van der Waals surface area (Å²) in [4.78, 5) is 8.75. The van der Waals surface area contributed by atoms with Crippen LogP contribution in [-0.2, 0) is 0 Å². The van der Waals surface area contributed by atoms with Gasteiger partial charge in [0.1, 0.15) is 5.82 Å². The quantitative estimate of drug-likeness (QED) is 0.862. The van der Waals surface area contributed by atoms with Gasteiger partial charge in [-0.05, 0) is 19.4 Å². The van der Waals surface area contributed by atoms with Gasteiger partial charge in [-0.15, -0.1) is 0 Å². The van der Waals surface area contributed by atoms with Crippen molar-refractivity contribution in [3.63, 3.8) is 0 Å². The van der Waals surface area contributed by atoms with Gasteiger partial charge < -0.3 is 11.1 Å². The average Bonchev–Trinajstić information content (AvgIpc) is 2.41. The van der Waals surface area contributed by atoms with Crippen LogP contribution >= 0.6 is 0 Å². The fourth-order valence-electron chi connectivity index (χ4n) is 1.80. The fourth-order valence-corrected chi connectivity index (χ4v) is 1.80. The van der Waals surface area contributed by atoms with Gasteiger partial charge in [-0.1, -0.05) is 30.3 Å². The lowest BCUT2D eigenvalue weighted by Gasteiger charge is -2.19. The summed E-state index contributed by atoms with van der Waals surface area (Å²) in [5.41, 5.74) is 8.76. The molecule has 3 N–H and O–H groups in total. The molecule has 1 heterocycles. The maximum Gasteiger partial charge on any atom is 0.148 e. The molecule has 0 aliphatic carbocycles. The number of benzene rings is 1. The first-order valence-corrected chi connectivity index (χ1v) is 6.02. The zero-order chi connectivity index (χ0) is 13.0. The van der Waals surface area contributed by atoms with Gasteiger partial charge in [0, 0.05) is 12.7 Å². The number of aromatic nitrogens is 2. The number of hydrogen-bond donors (Lipinski definition) is 2. The highest BCUT2D eigenvalue weighted by Crippen LogP contribution is 2.18. The maximum absolute atomic E-state index is 5.83. The average molecular weight is 242 g/mol. The Balaban J connectivity index is 2.23. The summed E-state index contributed by atoms with van der Waals surface area (Å²) < 4.78 is 0. The summed E-state index contributed by atoms with van der Waals surface area (Å²) in [6.45, 7) is 4.38. The van der Waals surface area contributed by atoms with Gasteiger partial charge in [-0.25, -0.2) is 4.98 Å². The zero-order valence-electron chi connectivity index (χ0n) is 10.7. The molecule has 2 aromatic rings. The van der Waals surface area contributed by atoms with Crippen molar-refractivity contribution in [2.24, 2.45) is 5.73 Å². The Hall–Kier alpha value is -1.94. The minimum atomic E-state index is 0.0565. The van der Waals surface area contributed by atoms with Gasteiger partial charge in [0.25, 0.3) is 0 Å². The van der Waals surface area contributed by atoms with Crippen molar-refractivity contribution in [3.8, 4) is 0 Å². The van der Waals surface area contributed by atoms with E-state index in [1.54, 1.807) is 6.20 Å². The van der Waals surface area contributed by atoms with Crippen molar-refractivity contribution in [3.05, 3.63) is 53.5 Å². The minimum absolute atomic E-state index is 0.0565. The summed E-state index contributed by atoms with van der Waals surface area (Å²) in [7, 11) is 0. The smallest absolute Gasteiger partial charge is 0.148 e. The molecule has 0 bridgehead atoms. The van der Waals surface area contributed by atoms with Crippen molar-refractivity contribution >= 4 is 5.82 Å². The second kappa shape index (κ2) is 5.60. The largest absolute Gasteiger partial charge is 0.360 e. The summed E-state index contributed by atoms with van der Waals surface area (Å²) in [6.07, 6.45) is 1.76. The third kappa shape index (κ3) is 2.84. The van der Waals surface area contributed by atoms with E-state index in [0.717, 1.165) is 22.8 Å². The van der Waals surface area contributed by atoms with Gasteiger partial charge >= 0.3 is 0 Å². The van der Waals surface area contributed by atoms with Crippen molar-refractivity contribution in [1.29, 1.82) is 0 Å². The lowest BCUT2D eigenvalue weighted by Crippen LogP contribution is -2.21. The lowest BCUT2D eigenvalue weighted by molar-refractivity contribution is 0.779. The number of nitrogens with one attached hydrogen (secondary N) is 1. The van der Waals surface area contributed by atoms with Gasteiger partial charge in [-0.2, -0.15) is 0 Å². The molecule has 0 amide bonds. The molecule has 4 heteroatoms. The molecule has 0 saturated heterocycles. The molecule has 94 valence electrons. The first-order valence-electron chi connectivity index (χ1n) is 6.02. The van der Waals surface area contributed by atoms with Crippen LogP contribution in [0.5, 0.6) is 0 Å². The van der Waals surface area contributed by atoms with Crippen molar-refractivity contribution in [2.75, 3.05) is 11.9 Å². The van der Waals surface area contributed by atoms with Crippen LogP contribution in [0.25, 0.3) is 0 Å². The van der Waals surface area contributed by atoms with Crippen LogP contribution in [0.2, 0.25) is 0 Å². The highest BCUT2D eigenvalue weighted by molar-refractivity contribution is 5.42. The van der Waals surface area contributed by atoms with E-state index >= 15 is 0 Å². The molecule has 18 heavy (non-hydrogen) atoms. The molecular weight excluding hydrogens is 224 g/mol. The Labute approximate surface area is 107 Å². The zero-order valence-corrected chi connectivity index (χ0v) is 10.7. The minimum Gasteiger partial charge on any atom is -0.360 e. The summed E-state index contributed by atoms with van der Waals surface area (Å²) >= 11 is 0.